The number of benzene rings is 8. The van der Waals surface area contributed by atoms with Crippen LogP contribution < -0.4 is 0 Å². The average Bonchev–Trinajstić information content (AvgIpc) is 4.16. The van der Waals surface area contributed by atoms with Gasteiger partial charge in [0.2, 0.25) is 0 Å². The number of hydrogen-bond acceptors (Lipinski definition) is 4. The number of hydrogen-bond donors (Lipinski definition) is 0. The van der Waals surface area contributed by atoms with Gasteiger partial charge in [0.05, 0.1) is 45.6 Å². The number of nitrogens with zero attached hydrogens (tertiary/aromatic N) is 4. The summed E-state index contributed by atoms with van der Waals surface area (Å²) in [6.45, 7) is 0. The van der Waals surface area contributed by atoms with Crippen LogP contribution in [0.4, 0.5) is 0 Å². The minimum atomic E-state index is 0.822. The minimum Gasteiger partial charge on any atom is -0.249 e. The Labute approximate surface area is 370 Å². The highest BCUT2D eigenvalue weighted by atomic mass is 14.9. The summed E-state index contributed by atoms with van der Waals surface area (Å²) >= 11 is 0. The van der Waals surface area contributed by atoms with Gasteiger partial charge >= 0.3 is 0 Å². The normalized spacial score (nSPS) is 16.6. The van der Waals surface area contributed by atoms with Crippen LogP contribution >= 0.6 is 0 Å². The summed E-state index contributed by atoms with van der Waals surface area (Å²) in [6, 6.07) is 61.3. The summed E-state index contributed by atoms with van der Waals surface area (Å²) in [5.41, 5.74) is 15.0. The van der Waals surface area contributed by atoms with Crippen LogP contribution in [0.3, 0.4) is 0 Å². The standard InChI is InChI=1S/C60H36N4/c1-5-13-41-29-45(21-17-37(41)9-1)54-35-53-34-51-26-25-49(61-51)33-50-27-28-52(62-50)36-55-56(46-22-18-38-10-2-6-14-42(38)30-46)57(47-23-19-39-11-3-7-15-43(39)31-47)60(64-55)58(59(54)63-53)48-24-20-40-12-4-8-16-44(40)32-48/h1-36H. The van der Waals surface area contributed by atoms with Crippen LogP contribution in [0.15, 0.2) is 261 Å². The molecule has 4 heteroatoms. The molecule has 13 rings (SSSR count). The van der Waals surface area contributed by atoms with Gasteiger partial charge in [0.25, 0.3) is 0 Å². The lowest BCUT2D eigenvalue weighted by Crippen LogP contribution is -2.07. The third kappa shape index (κ3) is 6.23. The highest BCUT2D eigenvalue weighted by Crippen LogP contribution is 2.47. The lowest BCUT2D eigenvalue weighted by atomic mass is 9.84. The van der Waals surface area contributed by atoms with E-state index >= 15 is 0 Å². The monoisotopic (exact) mass is 812 g/mol. The SMILES string of the molecule is C1=CC2=NC1=CC1=NC(=C(c3ccc4ccccc4c3)C3=NC(=CC4=NC(=C2)C=C4)C=C3c2ccc3ccccc3c2)C(c2ccc3ccccc3c2)=C1c1ccc2ccccc2c1. The molecule has 5 heterocycles. The second-order valence-electron chi connectivity index (χ2n) is 16.7. The minimum absolute atomic E-state index is 0.822. The summed E-state index contributed by atoms with van der Waals surface area (Å²) < 4.78 is 0. The second kappa shape index (κ2) is 14.5. The highest BCUT2D eigenvalue weighted by molar-refractivity contribution is 6.50. The third-order valence-corrected chi connectivity index (χ3v) is 12.7. The lowest BCUT2D eigenvalue weighted by molar-refractivity contribution is 1.41. The van der Waals surface area contributed by atoms with Gasteiger partial charge in [0.15, 0.2) is 0 Å². The Hall–Kier alpha value is -8.60. The molecule has 0 saturated heterocycles. The van der Waals surface area contributed by atoms with E-state index in [2.05, 4.69) is 206 Å². The molecule has 5 aliphatic heterocycles. The molecule has 8 bridgehead atoms. The van der Waals surface area contributed by atoms with Crippen molar-refractivity contribution in [2.45, 2.75) is 0 Å². The van der Waals surface area contributed by atoms with Crippen molar-refractivity contribution < 1.29 is 0 Å². The van der Waals surface area contributed by atoms with Crippen LogP contribution in [0.1, 0.15) is 22.3 Å². The van der Waals surface area contributed by atoms with Crippen LogP contribution in [0.5, 0.6) is 0 Å². The van der Waals surface area contributed by atoms with Crippen molar-refractivity contribution in [2.24, 2.45) is 20.0 Å². The molecule has 64 heavy (non-hydrogen) atoms. The lowest BCUT2D eigenvalue weighted by Gasteiger charge is -2.18. The number of rotatable bonds is 4. The summed E-state index contributed by atoms with van der Waals surface area (Å²) in [5.74, 6) is 0. The molecule has 296 valence electrons. The van der Waals surface area contributed by atoms with E-state index in [4.69, 9.17) is 20.0 Å². The van der Waals surface area contributed by atoms with Crippen LogP contribution in [0, 0.1) is 0 Å². The van der Waals surface area contributed by atoms with Crippen molar-refractivity contribution in [1.82, 2.24) is 0 Å². The summed E-state index contributed by atoms with van der Waals surface area (Å²) in [6.07, 6.45) is 16.7. The molecule has 4 nitrogen and oxygen atoms in total. The van der Waals surface area contributed by atoms with Gasteiger partial charge in [-0.1, -0.05) is 146 Å². The van der Waals surface area contributed by atoms with Crippen molar-refractivity contribution in [2.75, 3.05) is 0 Å². The summed E-state index contributed by atoms with van der Waals surface area (Å²) in [5, 5.41) is 9.36. The zero-order valence-corrected chi connectivity index (χ0v) is 34.6. The van der Waals surface area contributed by atoms with E-state index < -0.39 is 0 Å². The highest BCUT2D eigenvalue weighted by Gasteiger charge is 2.33. The molecule has 0 spiro atoms. The molecule has 0 amide bonds. The van der Waals surface area contributed by atoms with Gasteiger partial charge in [0.1, 0.15) is 0 Å². The van der Waals surface area contributed by atoms with Crippen LogP contribution in [-0.4, -0.2) is 22.8 Å². The van der Waals surface area contributed by atoms with Crippen molar-refractivity contribution in [3.8, 4) is 0 Å². The molecule has 8 aromatic carbocycles. The number of aliphatic imine (C=N–C) groups is 4. The molecular formula is C60H36N4. The van der Waals surface area contributed by atoms with Crippen molar-refractivity contribution in [3.05, 3.63) is 264 Å². The zero-order valence-electron chi connectivity index (χ0n) is 34.6. The van der Waals surface area contributed by atoms with Gasteiger partial charge in [-0.25, -0.2) is 20.0 Å². The Bertz CT molecular complexity index is 3810. The molecule has 0 unspecified atom stereocenters. The Morgan fingerprint density at radius 2 is 0.703 bits per heavy atom. The number of fused-ring (bicyclic) bond motifs is 8. The summed E-state index contributed by atoms with van der Waals surface area (Å²) in [4.78, 5) is 21.6. The van der Waals surface area contributed by atoms with E-state index in [0.717, 1.165) is 106 Å². The van der Waals surface area contributed by atoms with Gasteiger partial charge in [-0.15, -0.1) is 0 Å². The summed E-state index contributed by atoms with van der Waals surface area (Å²) in [7, 11) is 0. The molecular weight excluding hydrogens is 777 g/mol. The first-order valence-electron chi connectivity index (χ1n) is 21.7. The molecule has 0 N–H and O–H groups in total. The quantitative estimate of drug-likeness (QED) is 0.170. The van der Waals surface area contributed by atoms with Crippen LogP contribution in [-0.2, 0) is 0 Å². The predicted molar refractivity (Wildman–Crippen MR) is 270 cm³/mol. The molecule has 0 atom stereocenters. The maximum Gasteiger partial charge on any atom is 0.0822 e. The van der Waals surface area contributed by atoms with Gasteiger partial charge in [-0.05, 0) is 138 Å². The van der Waals surface area contributed by atoms with E-state index in [9.17, 15) is 0 Å². The van der Waals surface area contributed by atoms with E-state index in [1.807, 2.05) is 12.2 Å². The van der Waals surface area contributed by atoms with Crippen molar-refractivity contribution in [3.63, 3.8) is 0 Å². The fourth-order valence-electron chi connectivity index (χ4n) is 9.59. The molecule has 0 saturated carbocycles. The van der Waals surface area contributed by atoms with Crippen LogP contribution in [0.25, 0.3) is 65.4 Å². The Kier molecular flexibility index (Phi) is 8.18. The van der Waals surface area contributed by atoms with E-state index in [-0.39, 0.29) is 0 Å². The van der Waals surface area contributed by atoms with Crippen molar-refractivity contribution in [1.29, 1.82) is 0 Å². The first kappa shape index (κ1) is 36.1. The van der Waals surface area contributed by atoms with Gasteiger partial charge in [-0.3, -0.25) is 0 Å². The topological polar surface area (TPSA) is 49.4 Å². The molecule has 5 aliphatic rings. The molecule has 0 aliphatic carbocycles. The average molecular weight is 813 g/mol. The molecule has 0 aromatic heterocycles. The first-order chi connectivity index (χ1) is 31.6. The van der Waals surface area contributed by atoms with E-state index in [1.165, 1.54) is 26.9 Å². The van der Waals surface area contributed by atoms with Crippen molar-refractivity contribution >= 4 is 88.2 Å². The Morgan fingerprint density at radius 3 is 1.23 bits per heavy atom. The molecule has 0 radical (unpaired) electrons. The maximum absolute atomic E-state index is 5.85. The Morgan fingerprint density at radius 1 is 0.281 bits per heavy atom. The Balaban J connectivity index is 1.19. The fourth-order valence-corrected chi connectivity index (χ4v) is 9.59. The third-order valence-electron chi connectivity index (χ3n) is 12.7. The smallest absolute Gasteiger partial charge is 0.0822 e. The maximum atomic E-state index is 5.85. The van der Waals surface area contributed by atoms with Gasteiger partial charge < -0.3 is 0 Å². The van der Waals surface area contributed by atoms with Crippen LogP contribution in [0.2, 0.25) is 0 Å². The molecule has 0 fully saturated rings. The zero-order chi connectivity index (χ0) is 42.1. The number of allylic oxidation sites excluding steroid dienone is 12. The predicted octanol–water partition coefficient (Wildman–Crippen LogP) is 14.3. The van der Waals surface area contributed by atoms with E-state index in [0.29, 0.717) is 0 Å². The van der Waals surface area contributed by atoms with Gasteiger partial charge in [-0.2, -0.15) is 0 Å². The second-order valence-corrected chi connectivity index (χ2v) is 16.7. The molecule has 8 aromatic rings. The first-order valence-corrected chi connectivity index (χ1v) is 21.7. The van der Waals surface area contributed by atoms with E-state index in [1.54, 1.807) is 0 Å². The van der Waals surface area contributed by atoms with Gasteiger partial charge in [0, 0.05) is 22.3 Å². The fraction of sp³-hybridized carbons (Fsp3) is 0. The largest absolute Gasteiger partial charge is 0.249 e.